The Morgan fingerprint density at radius 1 is 1.67 bits per heavy atom. The molecule has 68 valence electrons. The molecular weight excluding hydrogens is 178 g/mol. The van der Waals surface area contributed by atoms with Crippen LogP contribution in [0.3, 0.4) is 0 Å². The predicted molar refractivity (Wildman–Crippen MR) is 45.4 cm³/mol. The minimum atomic E-state index is -3.58. The maximum absolute atomic E-state index is 10.5. The molecule has 0 aliphatic carbocycles. The highest BCUT2D eigenvalue weighted by atomic mass is 32.2. The van der Waals surface area contributed by atoms with Crippen molar-refractivity contribution in [3.05, 3.63) is 24.0 Å². The second kappa shape index (κ2) is 3.26. The average Bonchev–Trinajstić information content (AvgIpc) is 2.29. The second-order valence-electron chi connectivity index (χ2n) is 2.48. The monoisotopic (exact) mass is 189 g/mol. The van der Waals surface area contributed by atoms with Gasteiger partial charge in [0.05, 0.1) is 6.54 Å². The number of hydrogen-bond donors (Lipinski definition) is 2. The van der Waals surface area contributed by atoms with E-state index < -0.39 is 10.2 Å². The standard InChI is InChI=1S/C6H11N3O2S/c1-9-4-2-3-6(9)5-8-12(7,10)11/h2-4,8H,5H2,1H3,(H2,7,10,11). The van der Waals surface area contributed by atoms with Gasteiger partial charge in [0.2, 0.25) is 0 Å². The van der Waals surface area contributed by atoms with Crippen molar-refractivity contribution in [1.82, 2.24) is 9.29 Å². The molecule has 12 heavy (non-hydrogen) atoms. The number of aryl methyl sites for hydroxylation is 1. The molecule has 0 saturated carbocycles. The largest absolute Gasteiger partial charge is 0.353 e. The third-order valence-corrected chi connectivity index (χ3v) is 2.05. The van der Waals surface area contributed by atoms with Crippen molar-refractivity contribution in [2.45, 2.75) is 6.54 Å². The molecule has 0 aliphatic rings. The lowest BCUT2D eigenvalue weighted by Gasteiger charge is -2.02. The van der Waals surface area contributed by atoms with Crippen molar-refractivity contribution in [1.29, 1.82) is 0 Å². The maximum Gasteiger partial charge on any atom is 0.274 e. The van der Waals surface area contributed by atoms with Crippen LogP contribution in [0.15, 0.2) is 18.3 Å². The van der Waals surface area contributed by atoms with E-state index in [2.05, 4.69) is 4.72 Å². The fourth-order valence-corrected chi connectivity index (χ4v) is 1.20. The van der Waals surface area contributed by atoms with Crippen LogP contribution in [0.5, 0.6) is 0 Å². The van der Waals surface area contributed by atoms with Gasteiger partial charge in [0.25, 0.3) is 10.2 Å². The van der Waals surface area contributed by atoms with E-state index in [1.165, 1.54) is 0 Å². The van der Waals surface area contributed by atoms with Gasteiger partial charge in [-0.15, -0.1) is 0 Å². The first-order chi connectivity index (χ1) is 5.49. The molecule has 5 nitrogen and oxygen atoms in total. The van der Waals surface area contributed by atoms with E-state index in [0.717, 1.165) is 5.69 Å². The van der Waals surface area contributed by atoms with Gasteiger partial charge in [-0.3, -0.25) is 0 Å². The summed E-state index contributed by atoms with van der Waals surface area (Å²) in [5.74, 6) is 0. The van der Waals surface area contributed by atoms with Crippen molar-refractivity contribution in [2.24, 2.45) is 12.2 Å². The van der Waals surface area contributed by atoms with Gasteiger partial charge in [0.15, 0.2) is 0 Å². The summed E-state index contributed by atoms with van der Waals surface area (Å²) in [6.45, 7) is 0.225. The van der Waals surface area contributed by atoms with Crippen LogP contribution in [0.1, 0.15) is 5.69 Å². The minimum absolute atomic E-state index is 0.225. The summed E-state index contributed by atoms with van der Waals surface area (Å²) in [4.78, 5) is 0. The van der Waals surface area contributed by atoms with Crippen LogP contribution in [-0.2, 0) is 23.8 Å². The molecule has 0 fully saturated rings. The van der Waals surface area contributed by atoms with E-state index in [0.29, 0.717) is 0 Å². The number of aromatic nitrogens is 1. The second-order valence-corrected chi connectivity index (χ2v) is 3.86. The van der Waals surface area contributed by atoms with Crippen LogP contribution in [0.4, 0.5) is 0 Å². The molecular formula is C6H11N3O2S. The Balaban J connectivity index is 2.61. The van der Waals surface area contributed by atoms with Gasteiger partial charge in [0, 0.05) is 18.9 Å². The topological polar surface area (TPSA) is 77.1 Å². The smallest absolute Gasteiger partial charge is 0.274 e. The van der Waals surface area contributed by atoms with E-state index in [4.69, 9.17) is 5.14 Å². The summed E-state index contributed by atoms with van der Waals surface area (Å²) < 4.78 is 25.0. The van der Waals surface area contributed by atoms with Crippen molar-refractivity contribution in [3.8, 4) is 0 Å². The number of nitrogens with zero attached hydrogens (tertiary/aromatic N) is 1. The first-order valence-corrected chi connectivity index (χ1v) is 4.91. The Morgan fingerprint density at radius 2 is 2.33 bits per heavy atom. The lowest BCUT2D eigenvalue weighted by atomic mass is 10.4. The number of hydrogen-bond acceptors (Lipinski definition) is 2. The van der Waals surface area contributed by atoms with Crippen LogP contribution < -0.4 is 9.86 Å². The van der Waals surface area contributed by atoms with Crippen molar-refractivity contribution in [2.75, 3.05) is 0 Å². The molecule has 0 amide bonds. The molecule has 1 heterocycles. The van der Waals surface area contributed by atoms with E-state index in [1.54, 1.807) is 0 Å². The zero-order chi connectivity index (χ0) is 9.19. The summed E-state index contributed by atoms with van der Waals surface area (Å²) in [7, 11) is -1.75. The maximum atomic E-state index is 10.5. The number of nitrogens with one attached hydrogen (secondary N) is 1. The molecule has 1 aromatic rings. The molecule has 0 aliphatic heterocycles. The molecule has 0 aromatic carbocycles. The van der Waals surface area contributed by atoms with Gasteiger partial charge in [-0.25, -0.2) is 5.14 Å². The Bertz CT molecular complexity index is 355. The zero-order valence-electron chi connectivity index (χ0n) is 6.69. The molecule has 0 spiro atoms. The van der Waals surface area contributed by atoms with E-state index in [-0.39, 0.29) is 6.54 Å². The Morgan fingerprint density at radius 3 is 2.75 bits per heavy atom. The van der Waals surface area contributed by atoms with E-state index in [1.807, 2.05) is 29.9 Å². The third kappa shape index (κ3) is 2.65. The molecule has 3 N–H and O–H groups in total. The fourth-order valence-electron chi connectivity index (χ4n) is 0.855. The van der Waals surface area contributed by atoms with Crippen molar-refractivity contribution in [3.63, 3.8) is 0 Å². The highest BCUT2D eigenvalue weighted by molar-refractivity contribution is 7.87. The summed E-state index contributed by atoms with van der Waals surface area (Å²) in [5.41, 5.74) is 0.865. The molecule has 0 atom stereocenters. The normalized spacial score (nSPS) is 11.8. The van der Waals surface area contributed by atoms with E-state index in [9.17, 15) is 8.42 Å². The number of rotatable bonds is 3. The predicted octanol–water partition coefficient (Wildman–Crippen LogP) is -0.682. The summed E-state index contributed by atoms with van der Waals surface area (Å²) in [6.07, 6.45) is 1.83. The number of nitrogens with two attached hydrogens (primary N) is 1. The van der Waals surface area contributed by atoms with Crippen molar-refractivity contribution >= 4 is 10.2 Å². The average molecular weight is 189 g/mol. The van der Waals surface area contributed by atoms with Crippen LogP contribution in [-0.4, -0.2) is 13.0 Å². The van der Waals surface area contributed by atoms with Gasteiger partial charge >= 0.3 is 0 Å². The van der Waals surface area contributed by atoms with Gasteiger partial charge in [0.1, 0.15) is 0 Å². The van der Waals surface area contributed by atoms with Gasteiger partial charge in [-0.2, -0.15) is 13.1 Å². The lowest BCUT2D eigenvalue weighted by molar-refractivity contribution is 0.581. The molecule has 0 unspecified atom stereocenters. The third-order valence-electron chi connectivity index (χ3n) is 1.51. The SMILES string of the molecule is Cn1cccc1CNS(N)(=O)=O. The van der Waals surface area contributed by atoms with Gasteiger partial charge in [-0.05, 0) is 12.1 Å². The highest BCUT2D eigenvalue weighted by Crippen LogP contribution is 1.98. The Hall–Kier alpha value is -0.850. The molecule has 1 aromatic heterocycles. The first-order valence-electron chi connectivity index (χ1n) is 3.36. The van der Waals surface area contributed by atoms with Crippen molar-refractivity contribution < 1.29 is 8.42 Å². The quantitative estimate of drug-likeness (QED) is 0.660. The van der Waals surface area contributed by atoms with Crippen LogP contribution in [0.25, 0.3) is 0 Å². The summed E-state index contributed by atoms with van der Waals surface area (Å²) >= 11 is 0. The van der Waals surface area contributed by atoms with Crippen LogP contribution >= 0.6 is 0 Å². The van der Waals surface area contributed by atoms with Crippen LogP contribution in [0, 0.1) is 0 Å². The van der Waals surface area contributed by atoms with E-state index >= 15 is 0 Å². The Kier molecular flexibility index (Phi) is 2.51. The Labute approximate surface area is 71.4 Å². The lowest BCUT2D eigenvalue weighted by Crippen LogP contribution is -2.30. The van der Waals surface area contributed by atoms with Gasteiger partial charge in [-0.1, -0.05) is 0 Å². The molecule has 0 saturated heterocycles. The highest BCUT2D eigenvalue weighted by Gasteiger charge is 2.02. The van der Waals surface area contributed by atoms with Gasteiger partial charge < -0.3 is 4.57 Å². The molecule has 6 heteroatoms. The fraction of sp³-hybridized carbons (Fsp3) is 0.333. The molecule has 1 rings (SSSR count). The summed E-state index contributed by atoms with van der Waals surface area (Å²) in [5, 5.41) is 4.75. The zero-order valence-corrected chi connectivity index (χ0v) is 7.50. The van der Waals surface area contributed by atoms with Crippen LogP contribution in [0.2, 0.25) is 0 Å². The minimum Gasteiger partial charge on any atom is -0.353 e. The first kappa shape index (κ1) is 9.24. The molecule has 0 radical (unpaired) electrons. The molecule has 0 bridgehead atoms. The summed E-state index contributed by atoms with van der Waals surface area (Å²) in [6, 6.07) is 3.65.